The van der Waals surface area contributed by atoms with Crippen molar-refractivity contribution in [2.24, 2.45) is 0 Å². The molecule has 1 aromatic rings. The van der Waals surface area contributed by atoms with Crippen molar-refractivity contribution in [3.63, 3.8) is 0 Å². The number of nitrogens with zero attached hydrogens (tertiary/aromatic N) is 2. The molecule has 0 spiro atoms. The Hall–Kier alpha value is -1.39. The second-order valence-electron chi connectivity index (χ2n) is 5.24. The van der Waals surface area contributed by atoms with E-state index in [1.54, 1.807) is 0 Å². The molecule has 1 aromatic carbocycles. The smallest absolute Gasteiger partial charge is 0.317 e. The third kappa shape index (κ3) is 4.33. The van der Waals surface area contributed by atoms with Gasteiger partial charge in [-0.05, 0) is 18.9 Å². The van der Waals surface area contributed by atoms with Crippen molar-refractivity contribution in [1.29, 1.82) is 0 Å². The minimum Gasteiger partial charge on any atom is -0.480 e. The van der Waals surface area contributed by atoms with Crippen molar-refractivity contribution in [3.05, 3.63) is 35.9 Å². The lowest BCUT2D eigenvalue weighted by molar-refractivity contribution is -0.138. The number of carbonyl (C=O) groups is 1. The first-order chi connectivity index (χ1) is 9.15. The van der Waals surface area contributed by atoms with Crippen LogP contribution in [0.5, 0.6) is 0 Å². The van der Waals surface area contributed by atoms with E-state index in [1.807, 2.05) is 11.0 Å². The number of benzene rings is 1. The summed E-state index contributed by atoms with van der Waals surface area (Å²) < 4.78 is 0. The SMILES string of the molecule is CC(Cc1ccccc1)N1CCN(CC(=O)O)CC1. The van der Waals surface area contributed by atoms with Crippen molar-refractivity contribution >= 4 is 5.97 Å². The summed E-state index contributed by atoms with van der Waals surface area (Å²) in [6, 6.07) is 11.0. The third-order valence-electron chi connectivity index (χ3n) is 3.76. The topological polar surface area (TPSA) is 43.8 Å². The first-order valence-corrected chi connectivity index (χ1v) is 6.87. The van der Waals surface area contributed by atoms with Crippen molar-refractivity contribution in [3.8, 4) is 0 Å². The van der Waals surface area contributed by atoms with Gasteiger partial charge in [-0.25, -0.2) is 0 Å². The average Bonchev–Trinajstić information content (AvgIpc) is 2.40. The van der Waals surface area contributed by atoms with Gasteiger partial charge in [0.2, 0.25) is 0 Å². The summed E-state index contributed by atoms with van der Waals surface area (Å²) in [4.78, 5) is 15.1. The average molecular weight is 262 g/mol. The summed E-state index contributed by atoms with van der Waals surface area (Å²) in [6.07, 6.45) is 1.06. The third-order valence-corrected chi connectivity index (χ3v) is 3.76. The molecule has 1 saturated heterocycles. The first-order valence-electron chi connectivity index (χ1n) is 6.87. The number of piperazine rings is 1. The molecule has 0 aromatic heterocycles. The van der Waals surface area contributed by atoms with E-state index in [9.17, 15) is 4.79 Å². The molecule has 2 rings (SSSR count). The van der Waals surface area contributed by atoms with Crippen LogP contribution in [0, 0.1) is 0 Å². The second kappa shape index (κ2) is 6.68. The minimum atomic E-state index is -0.731. The predicted octanol–water partition coefficient (Wildman–Crippen LogP) is 1.32. The Balaban J connectivity index is 1.79. The number of carboxylic acids is 1. The lowest BCUT2D eigenvalue weighted by atomic mass is 10.1. The Labute approximate surface area is 114 Å². The molecule has 1 heterocycles. The van der Waals surface area contributed by atoms with Gasteiger partial charge in [-0.15, -0.1) is 0 Å². The molecule has 0 bridgehead atoms. The molecule has 1 fully saturated rings. The van der Waals surface area contributed by atoms with Crippen LogP contribution in [0.1, 0.15) is 12.5 Å². The fourth-order valence-corrected chi connectivity index (χ4v) is 2.64. The molecule has 0 radical (unpaired) electrons. The number of rotatable bonds is 5. The van der Waals surface area contributed by atoms with Gasteiger partial charge in [-0.1, -0.05) is 30.3 Å². The van der Waals surface area contributed by atoms with Crippen LogP contribution in [-0.4, -0.2) is 59.6 Å². The Bertz CT molecular complexity index is 400. The molecule has 0 saturated carbocycles. The van der Waals surface area contributed by atoms with E-state index in [4.69, 9.17) is 5.11 Å². The summed E-state index contributed by atoms with van der Waals surface area (Å²) >= 11 is 0. The zero-order chi connectivity index (χ0) is 13.7. The summed E-state index contributed by atoms with van der Waals surface area (Å²) in [6.45, 7) is 6.04. The highest BCUT2D eigenvalue weighted by Gasteiger charge is 2.22. The second-order valence-corrected chi connectivity index (χ2v) is 5.24. The molecule has 0 aliphatic carbocycles. The molecule has 1 unspecified atom stereocenters. The summed E-state index contributed by atoms with van der Waals surface area (Å²) in [5, 5.41) is 8.78. The van der Waals surface area contributed by atoms with Crippen LogP contribution < -0.4 is 0 Å². The molecule has 4 heteroatoms. The first kappa shape index (κ1) is 14.0. The van der Waals surface area contributed by atoms with E-state index >= 15 is 0 Å². The van der Waals surface area contributed by atoms with Crippen LogP contribution in [0.3, 0.4) is 0 Å². The van der Waals surface area contributed by atoms with Crippen LogP contribution in [0.2, 0.25) is 0 Å². The predicted molar refractivity (Wildman–Crippen MR) is 75.3 cm³/mol. The maximum Gasteiger partial charge on any atom is 0.317 e. The molecule has 19 heavy (non-hydrogen) atoms. The standard InChI is InChI=1S/C15H22N2O2/c1-13(11-14-5-3-2-4-6-14)17-9-7-16(8-10-17)12-15(18)19/h2-6,13H,7-12H2,1H3,(H,18,19). The van der Waals surface area contributed by atoms with Gasteiger partial charge in [-0.2, -0.15) is 0 Å². The van der Waals surface area contributed by atoms with Crippen LogP contribution in [-0.2, 0) is 11.2 Å². The van der Waals surface area contributed by atoms with Crippen LogP contribution in [0.15, 0.2) is 30.3 Å². The van der Waals surface area contributed by atoms with E-state index in [0.717, 1.165) is 32.6 Å². The highest BCUT2D eigenvalue weighted by molar-refractivity contribution is 5.69. The lowest BCUT2D eigenvalue weighted by Crippen LogP contribution is -2.51. The minimum absolute atomic E-state index is 0.168. The van der Waals surface area contributed by atoms with Gasteiger partial charge < -0.3 is 5.11 Å². The monoisotopic (exact) mass is 262 g/mol. The number of hydrogen-bond acceptors (Lipinski definition) is 3. The molecule has 104 valence electrons. The Morgan fingerprint density at radius 3 is 2.42 bits per heavy atom. The maximum absolute atomic E-state index is 10.7. The van der Waals surface area contributed by atoms with Gasteiger partial charge in [0, 0.05) is 32.2 Å². The van der Waals surface area contributed by atoms with Gasteiger partial charge in [0.05, 0.1) is 6.54 Å². The number of carboxylic acid groups (broad SMARTS) is 1. The van der Waals surface area contributed by atoms with Crippen molar-refractivity contribution in [1.82, 2.24) is 9.80 Å². The van der Waals surface area contributed by atoms with E-state index in [2.05, 4.69) is 36.1 Å². The summed E-state index contributed by atoms with van der Waals surface area (Å²) in [7, 11) is 0. The molecule has 1 aliphatic heterocycles. The van der Waals surface area contributed by atoms with Gasteiger partial charge in [0.15, 0.2) is 0 Å². The molecule has 1 N–H and O–H groups in total. The van der Waals surface area contributed by atoms with E-state index in [-0.39, 0.29) is 6.54 Å². The highest BCUT2D eigenvalue weighted by Crippen LogP contribution is 2.11. The maximum atomic E-state index is 10.7. The van der Waals surface area contributed by atoms with Gasteiger partial charge >= 0.3 is 5.97 Å². The molecule has 4 nitrogen and oxygen atoms in total. The molecular weight excluding hydrogens is 240 g/mol. The van der Waals surface area contributed by atoms with E-state index in [1.165, 1.54) is 5.56 Å². The van der Waals surface area contributed by atoms with Crippen LogP contribution in [0.25, 0.3) is 0 Å². The molecule has 0 amide bonds. The van der Waals surface area contributed by atoms with Crippen LogP contribution >= 0.6 is 0 Å². The molecular formula is C15H22N2O2. The van der Waals surface area contributed by atoms with E-state index < -0.39 is 5.97 Å². The largest absolute Gasteiger partial charge is 0.480 e. The number of hydrogen-bond donors (Lipinski definition) is 1. The van der Waals surface area contributed by atoms with Gasteiger partial charge in [0.1, 0.15) is 0 Å². The summed E-state index contributed by atoms with van der Waals surface area (Å²) in [5.74, 6) is -0.731. The molecule has 1 aliphatic rings. The van der Waals surface area contributed by atoms with E-state index in [0.29, 0.717) is 6.04 Å². The fourth-order valence-electron chi connectivity index (χ4n) is 2.64. The Morgan fingerprint density at radius 1 is 1.21 bits per heavy atom. The summed E-state index contributed by atoms with van der Waals surface area (Å²) in [5.41, 5.74) is 1.36. The van der Waals surface area contributed by atoms with Gasteiger partial charge in [-0.3, -0.25) is 14.6 Å². The Kier molecular flexibility index (Phi) is 4.93. The fraction of sp³-hybridized carbons (Fsp3) is 0.533. The lowest BCUT2D eigenvalue weighted by Gasteiger charge is -2.37. The van der Waals surface area contributed by atoms with Crippen molar-refractivity contribution in [2.45, 2.75) is 19.4 Å². The highest BCUT2D eigenvalue weighted by atomic mass is 16.4. The molecule has 1 atom stereocenters. The normalized spacial score (nSPS) is 19.2. The number of aliphatic carboxylic acids is 1. The van der Waals surface area contributed by atoms with Crippen molar-refractivity contribution < 1.29 is 9.90 Å². The zero-order valence-corrected chi connectivity index (χ0v) is 11.5. The quantitative estimate of drug-likeness (QED) is 0.869. The Morgan fingerprint density at radius 2 is 1.84 bits per heavy atom. The van der Waals surface area contributed by atoms with Gasteiger partial charge in [0.25, 0.3) is 0 Å². The van der Waals surface area contributed by atoms with Crippen molar-refractivity contribution in [2.75, 3.05) is 32.7 Å². The van der Waals surface area contributed by atoms with Crippen LogP contribution in [0.4, 0.5) is 0 Å². The zero-order valence-electron chi connectivity index (χ0n) is 11.5.